The van der Waals surface area contributed by atoms with E-state index in [1.165, 1.54) is 7.11 Å². The Kier molecular flexibility index (Phi) is 6.80. The van der Waals surface area contributed by atoms with Gasteiger partial charge in [0.05, 0.1) is 25.1 Å². The van der Waals surface area contributed by atoms with E-state index in [4.69, 9.17) is 20.1 Å². The lowest BCUT2D eigenvalue weighted by Crippen LogP contribution is -2.42. The molecule has 22 heavy (non-hydrogen) atoms. The lowest BCUT2D eigenvalue weighted by molar-refractivity contribution is -0.140. The maximum absolute atomic E-state index is 11.0. The second-order valence-corrected chi connectivity index (χ2v) is 4.84. The van der Waals surface area contributed by atoms with E-state index in [1.807, 2.05) is 0 Å². The van der Waals surface area contributed by atoms with Crippen LogP contribution in [0.4, 0.5) is 0 Å². The molecule has 0 saturated heterocycles. The molecule has 0 aromatic rings. The molecule has 0 bridgehead atoms. The molecule has 9 nitrogen and oxygen atoms in total. The molecule has 0 radical (unpaired) electrons. The summed E-state index contributed by atoms with van der Waals surface area (Å²) in [6.45, 7) is -1.23. The van der Waals surface area contributed by atoms with Crippen LogP contribution >= 0.6 is 0 Å². The number of methoxy groups -OCH3 is 1. The Hall–Kier alpha value is -2.13. The predicted molar refractivity (Wildman–Crippen MR) is 75.4 cm³/mol. The molecular formula is C13H20N2O7. The Morgan fingerprint density at radius 2 is 2.05 bits per heavy atom. The van der Waals surface area contributed by atoms with Gasteiger partial charge in [-0.1, -0.05) is 0 Å². The second-order valence-electron chi connectivity index (χ2n) is 4.84. The van der Waals surface area contributed by atoms with Crippen molar-refractivity contribution in [1.29, 1.82) is 0 Å². The molecule has 124 valence electrons. The third-order valence-corrected chi connectivity index (χ3v) is 3.21. The number of rotatable bonds is 8. The molecule has 9 heteroatoms. The quantitative estimate of drug-likeness (QED) is 0.375. The zero-order valence-electron chi connectivity index (χ0n) is 12.2. The summed E-state index contributed by atoms with van der Waals surface area (Å²) in [7, 11) is 1.36. The normalized spacial score (nSPS) is 21.6. The maximum Gasteiger partial charge on any atom is 0.328 e. The molecule has 0 heterocycles. The highest BCUT2D eigenvalue weighted by molar-refractivity contribution is 6.00. The molecule has 0 spiro atoms. The van der Waals surface area contributed by atoms with Gasteiger partial charge in [0.1, 0.15) is 12.6 Å². The van der Waals surface area contributed by atoms with E-state index in [-0.39, 0.29) is 18.3 Å². The predicted octanol–water partition coefficient (Wildman–Crippen LogP) is -1.19. The van der Waals surface area contributed by atoms with Crippen LogP contribution < -0.4 is 5.32 Å². The number of carbonyl (C=O) groups is 2. The highest BCUT2D eigenvalue weighted by Crippen LogP contribution is 2.27. The molecule has 1 aliphatic rings. The van der Waals surface area contributed by atoms with Gasteiger partial charge in [-0.2, -0.15) is 0 Å². The average molecular weight is 316 g/mol. The summed E-state index contributed by atoms with van der Waals surface area (Å²) in [5.74, 6) is -2.32. The van der Waals surface area contributed by atoms with Crippen LogP contribution in [0.2, 0.25) is 0 Å². The lowest BCUT2D eigenvalue weighted by Gasteiger charge is -2.28. The monoisotopic (exact) mass is 316 g/mol. The number of aliphatic hydroxyl groups excluding tert-OH is 2. The number of hydrogen-bond acceptors (Lipinski definition) is 7. The maximum atomic E-state index is 11.0. The zero-order valence-corrected chi connectivity index (χ0v) is 12.2. The Balaban J connectivity index is 3.12. The largest absolute Gasteiger partial charge is 0.493 e. The number of allylic oxidation sites excluding steroid dienone is 2. The number of carboxylic acids is 2. The van der Waals surface area contributed by atoms with E-state index in [0.717, 1.165) is 0 Å². The van der Waals surface area contributed by atoms with E-state index in [2.05, 4.69) is 10.3 Å². The van der Waals surface area contributed by atoms with Crippen molar-refractivity contribution in [1.82, 2.24) is 5.32 Å². The van der Waals surface area contributed by atoms with Gasteiger partial charge in [-0.05, 0) is 18.8 Å². The van der Waals surface area contributed by atoms with Gasteiger partial charge in [0.2, 0.25) is 0 Å². The van der Waals surface area contributed by atoms with Gasteiger partial charge in [0, 0.05) is 6.61 Å². The van der Waals surface area contributed by atoms with Crippen LogP contribution in [0, 0.1) is 5.92 Å². The van der Waals surface area contributed by atoms with Crippen molar-refractivity contribution in [2.75, 3.05) is 26.9 Å². The van der Waals surface area contributed by atoms with Crippen LogP contribution in [-0.4, -0.2) is 71.0 Å². The first-order valence-electron chi connectivity index (χ1n) is 6.66. The molecule has 0 aromatic heterocycles. The van der Waals surface area contributed by atoms with Crippen molar-refractivity contribution >= 4 is 17.7 Å². The van der Waals surface area contributed by atoms with Gasteiger partial charge < -0.3 is 30.5 Å². The van der Waals surface area contributed by atoms with Crippen molar-refractivity contribution in [2.24, 2.45) is 10.9 Å². The van der Waals surface area contributed by atoms with Crippen molar-refractivity contribution in [3.63, 3.8) is 0 Å². The van der Waals surface area contributed by atoms with Gasteiger partial charge in [0.15, 0.2) is 5.76 Å². The van der Waals surface area contributed by atoms with Crippen molar-refractivity contribution < 1.29 is 34.8 Å². The SMILES string of the molecule is COC1=C(NC(CO)C(=O)O)CC(CO)CC1=NCC(=O)O. The van der Waals surface area contributed by atoms with Crippen LogP contribution in [0.15, 0.2) is 16.4 Å². The van der Waals surface area contributed by atoms with Crippen molar-refractivity contribution in [3.8, 4) is 0 Å². The number of aliphatic hydroxyl groups is 2. The van der Waals surface area contributed by atoms with E-state index in [1.54, 1.807) is 0 Å². The Bertz CT molecular complexity index is 487. The van der Waals surface area contributed by atoms with Gasteiger partial charge >= 0.3 is 11.9 Å². The summed E-state index contributed by atoms with van der Waals surface area (Å²) in [5.41, 5.74) is 0.721. The summed E-state index contributed by atoms with van der Waals surface area (Å²) in [6.07, 6.45) is 0.643. The Morgan fingerprint density at radius 3 is 2.50 bits per heavy atom. The van der Waals surface area contributed by atoms with Gasteiger partial charge in [0.25, 0.3) is 0 Å². The van der Waals surface area contributed by atoms with E-state index >= 15 is 0 Å². The molecule has 0 aromatic carbocycles. The highest BCUT2D eigenvalue weighted by Gasteiger charge is 2.29. The summed E-state index contributed by atoms with van der Waals surface area (Å²) in [6, 6.07) is -1.22. The number of ether oxygens (including phenoxy) is 1. The fourth-order valence-corrected chi connectivity index (χ4v) is 2.18. The average Bonchev–Trinajstić information content (AvgIpc) is 2.49. The second kappa shape index (κ2) is 8.35. The number of aliphatic imine (C=N–C) groups is 1. The topological polar surface area (TPSA) is 149 Å². The Labute approximate surface area is 126 Å². The lowest BCUT2D eigenvalue weighted by atomic mass is 9.89. The van der Waals surface area contributed by atoms with Crippen molar-refractivity contribution in [2.45, 2.75) is 18.9 Å². The van der Waals surface area contributed by atoms with Gasteiger partial charge in [-0.3, -0.25) is 9.79 Å². The number of aliphatic carboxylic acids is 2. The van der Waals surface area contributed by atoms with Crippen molar-refractivity contribution in [3.05, 3.63) is 11.5 Å². The van der Waals surface area contributed by atoms with Gasteiger partial charge in [-0.15, -0.1) is 0 Å². The van der Waals surface area contributed by atoms with Crippen LogP contribution in [0.5, 0.6) is 0 Å². The van der Waals surface area contributed by atoms with Crippen LogP contribution in [0.1, 0.15) is 12.8 Å². The molecule has 1 rings (SSSR count). The number of nitrogens with one attached hydrogen (secondary N) is 1. The first-order valence-corrected chi connectivity index (χ1v) is 6.66. The molecule has 0 fully saturated rings. The third kappa shape index (κ3) is 4.71. The third-order valence-electron chi connectivity index (χ3n) is 3.21. The smallest absolute Gasteiger partial charge is 0.328 e. The molecule has 2 unspecified atom stereocenters. The first-order chi connectivity index (χ1) is 10.4. The number of nitrogens with zero attached hydrogens (tertiary/aromatic N) is 1. The molecule has 5 N–H and O–H groups in total. The van der Waals surface area contributed by atoms with E-state index in [9.17, 15) is 14.7 Å². The minimum atomic E-state index is -1.24. The summed E-state index contributed by atoms with van der Waals surface area (Å²) in [5, 5.41) is 38.8. The van der Waals surface area contributed by atoms with Crippen LogP contribution in [0.3, 0.4) is 0 Å². The summed E-state index contributed by atoms with van der Waals surface area (Å²) >= 11 is 0. The Morgan fingerprint density at radius 1 is 1.36 bits per heavy atom. The standard InChI is InChI=1S/C13H20N2O7/c1-22-12-8(14-4-11(18)19)2-7(5-16)3-9(12)15-10(6-17)13(20)21/h7,10,15-17H,2-6H2,1H3,(H,18,19)(H,20,21). The molecule has 2 atom stereocenters. The van der Waals surface area contributed by atoms with E-state index in [0.29, 0.717) is 24.3 Å². The first kappa shape index (κ1) is 17.9. The summed E-state index contributed by atoms with van der Waals surface area (Å²) in [4.78, 5) is 25.6. The minimum Gasteiger partial charge on any atom is -0.493 e. The van der Waals surface area contributed by atoms with Crippen LogP contribution in [-0.2, 0) is 14.3 Å². The number of hydrogen-bond donors (Lipinski definition) is 5. The molecule has 0 aliphatic heterocycles. The van der Waals surface area contributed by atoms with Crippen LogP contribution in [0.25, 0.3) is 0 Å². The fourth-order valence-electron chi connectivity index (χ4n) is 2.18. The van der Waals surface area contributed by atoms with E-state index < -0.39 is 31.1 Å². The molecule has 0 saturated carbocycles. The number of carboxylic acid groups (broad SMARTS) is 2. The molecular weight excluding hydrogens is 296 g/mol. The molecule has 0 amide bonds. The molecule has 1 aliphatic carbocycles. The minimum absolute atomic E-state index is 0.162. The summed E-state index contributed by atoms with van der Waals surface area (Å²) < 4.78 is 5.20. The highest BCUT2D eigenvalue weighted by atomic mass is 16.5. The fraction of sp³-hybridized carbons (Fsp3) is 0.615. The zero-order chi connectivity index (χ0) is 16.7. The van der Waals surface area contributed by atoms with Gasteiger partial charge in [-0.25, -0.2) is 4.79 Å².